The Kier molecular flexibility index (Phi) is 7.67. The normalized spacial score (nSPS) is 19.2. The molecule has 1 heterocycles. The van der Waals surface area contributed by atoms with Crippen LogP contribution in [-0.2, 0) is 26.0 Å². The van der Waals surface area contributed by atoms with Crippen LogP contribution in [-0.4, -0.2) is 64.2 Å². The fourth-order valence-electron chi connectivity index (χ4n) is 3.68. The summed E-state index contributed by atoms with van der Waals surface area (Å²) in [6.45, 7) is 3.68. The van der Waals surface area contributed by atoms with Gasteiger partial charge in [0.25, 0.3) is 5.91 Å². The molecule has 3 N–H and O–H groups in total. The van der Waals surface area contributed by atoms with Gasteiger partial charge in [0, 0.05) is 11.3 Å². The highest BCUT2D eigenvalue weighted by atomic mass is 32.2. The third-order valence-corrected chi connectivity index (χ3v) is 8.24. The Bertz CT molecular complexity index is 1190. The molecule has 1 amide bonds. The molecule has 0 spiro atoms. The minimum Gasteiger partial charge on any atom is -0.479 e. The molecule has 1 aliphatic rings. The molecule has 11 heteroatoms. The van der Waals surface area contributed by atoms with E-state index < -0.39 is 44.2 Å². The number of hydrogen-bond donors (Lipinski definition) is 3. The number of nitrogens with zero attached hydrogens (tertiary/aromatic N) is 2. The maximum Gasteiger partial charge on any atom is 0.337 e. The number of thioether (sulfide) groups is 1. The number of aliphatic hydroxyl groups excluding tert-OH is 1. The van der Waals surface area contributed by atoms with E-state index in [1.165, 1.54) is 24.3 Å². The molecule has 0 radical (unpaired) electrons. The van der Waals surface area contributed by atoms with Crippen LogP contribution in [0.4, 0.5) is 0 Å². The zero-order valence-electron chi connectivity index (χ0n) is 18.6. The molecule has 1 unspecified atom stereocenters. The molecule has 2 aromatic carbocycles. The molecule has 0 aromatic heterocycles. The number of carboxylic acids is 1. The van der Waals surface area contributed by atoms with Crippen LogP contribution in [0, 0.1) is 11.3 Å². The molecule has 34 heavy (non-hydrogen) atoms. The smallest absolute Gasteiger partial charge is 0.337 e. The number of nitriles is 1. The van der Waals surface area contributed by atoms with Crippen LogP contribution in [0.15, 0.2) is 59.5 Å². The van der Waals surface area contributed by atoms with Crippen molar-refractivity contribution < 1.29 is 28.2 Å². The summed E-state index contributed by atoms with van der Waals surface area (Å²) < 4.78 is 27.9. The Hall–Kier alpha value is -2.91. The van der Waals surface area contributed by atoms with Crippen molar-refractivity contribution in [2.24, 2.45) is 0 Å². The van der Waals surface area contributed by atoms with Crippen molar-refractivity contribution in [1.29, 1.82) is 5.26 Å². The minimum absolute atomic E-state index is 0.00856. The Morgan fingerprint density at radius 2 is 1.82 bits per heavy atom. The Morgan fingerprint density at radius 3 is 2.38 bits per heavy atom. The third kappa shape index (κ3) is 5.95. The molecule has 1 fully saturated rings. The standard InChI is InChI=1S/C23H25N3O6S2/c1-23(2)14-26(21(33-23)22(29)30)20(28)19(27)18(12-15-6-4-3-5-7-15)25-34(31,32)17-10-8-16(13-24)9-11-17/h3-11,18-19,21,25,27H,12,14H2,1-2H3,(H,29,30)/t18-,19-,21?/m0/s1. The number of nitrogens with one attached hydrogen (secondary N) is 1. The molecule has 3 atom stereocenters. The first-order valence-electron chi connectivity index (χ1n) is 10.4. The van der Waals surface area contributed by atoms with Crippen LogP contribution in [0.25, 0.3) is 0 Å². The summed E-state index contributed by atoms with van der Waals surface area (Å²) in [5.74, 6) is -2.08. The van der Waals surface area contributed by atoms with E-state index in [0.29, 0.717) is 5.56 Å². The number of carbonyl (C=O) groups is 2. The van der Waals surface area contributed by atoms with Gasteiger partial charge in [-0.1, -0.05) is 30.3 Å². The quantitative estimate of drug-likeness (QED) is 0.492. The van der Waals surface area contributed by atoms with Crippen molar-refractivity contribution >= 4 is 33.7 Å². The van der Waals surface area contributed by atoms with Gasteiger partial charge in [-0.2, -0.15) is 5.26 Å². The maximum absolute atomic E-state index is 13.2. The van der Waals surface area contributed by atoms with Gasteiger partial charge < -0.3 is 15.1 Å². The van der Waals surface area contributed by atoms with Crippen molar-refractivity contribution in [2.45, 2.75) is 47.4 Å². The van der Waals surface area contributed by atoms with Crippen molar-refractivity contribution in [3.05, 3.63) is 65.7 Å². The number of amides is 1. The molecule has 3 rings (SSSR count). The predicted octanol–water partition coefficient (Wildman–Crippen LogP) is 1.57. The first-order chi connectivity index (χ1) is 15.9. The monoisotopic (exact) mass is 503 g/mol. The van der Waals surface area contributed by atoms with Crippen molar-refractivity contribution in [3.63, 3.8) is 0 Å². The SMILES string of the molecule is CC1(C)CN(C(=O)[C@@H](O)[C@H](Cc2ccccc2)NS(=O)(=O)c2ccc(C#N)cc2)C(C(=O)O)S1. The zero-order valence-corrected chi connectivity index (χ0v) is 20.2. The van der Waals surface area contributed by atoms with E-state index in [9.17, 15) is 28.2 Å². The van der Waals surface area contributed by atoms with E-state index >= 15 is 0 Å². The van der Waals surface area contributed by atoms with Gasteiger partial charge in [-0.15, -0.1) is 11.8 Å². The van der Waals surface area contributed by atoms with Crippen LogP contribution in [0.1, 0.15) is 25.0 Å². The molecular weight excluding hydrogens is 478 g/mol. The molecule has 1 saturated heterocycles. The lowest BCUT2D eigenvalue weighted by atomic mass is 10.0. The highest BCUT2D eigenvalue weighted by molar-refractivity contribution is 8.02. The van der Waals surface area contributed by atoms with Crippen LogP contribution in [0.3, 0.4) is 0 Å². The predicted molar refractivity (Wildman–Crippen MR) is 126 cm³/mol. The summed E-state index contributed by atoms with van der Waals surface area (Å²) in [7, 11) is -4.17. The number of aliphatic hydroxyl groups is 1. The Morgan fingerprint density at radius 1 is 1.21 bits per heavy atom. The molecule has 0 bridgehead atoms. The van der Waals surface area contributed by atoms with Crippen LogP contribution in [0.5, 0.6) is 0 Å². The summed E-state index contributed by atoms with van der Waals surface area (Å²) >= 11 is 1.09. The molecule has 0 aliphatic carbocycles. The zero-order chi connectivity index (χ0) is 25.1. The van der Waals surface area contributed by atoms with Crippen LogP contribution in [0.2, 0.25) is 0 Å². The Balaban J connectivity index is 1.91. The number of carboxylic acid groups (broad SMARTS) is 1. The van der Waals surface area contributed by atoms with Crippen molar-refractivity contribution in [2.75, 3.05) is 6.54 Å². The van der Waals surface area contributed by atoms with Gasteiger partial charge in [-0.25, -0.2) is 17.9 Å². The number of aliphatic carboxylic acids is 1. The molecule has 180 valence electrons. The van der Waals surface area contributed by atoms with E-state index in [4.69, 9.17) is 5.26 Å². The summed E-state index contributed by atoms with van der Waals surface area (Å²) in [4.78, 5) is 25.9. The lowest BCUT2D eigenvalue weighted by Gasteiger charge is -2.29. The number of hydrogen-bond acceptors (Lipinski definition) is 7. The highest BCUT2D eigenvalue weighted by Crippen LogP contribution is 2.39. The fourth-order valence-corrected chi connectivity index (χ4v) is 6.14. The van der Waals surface area contributed by atoms with Crippen LogP contribution < -0.4 is 4.72 Å². The van der Waals surface area contributed by atoms with Gasteiger partial charge >= 0.3 is 5.97 Å². The van der Waals surface area contributed by atoms with Gasteiger partial charge in [0.15, 0.2) is 5.37 Å². The molecule has 9 nitrogen and oxygen atoms in total. The van der Waals surface area contributed by atoms with Gasteiger partial charge in [0.2, 0.25) is 10.0 Å². The largest absolute Gasteiger partial charge is 0.479 e. The van der Waals surface area contributed by atoms with Crippen LogP contribution >= 0.6 is 11.8 Å². The average Bonchev–Trinajstić information content (AvgIpc) is 3.14. The van der Waals surface area contributed by atoms with Gasteiger partial charge in [-0.05, 0) is 50.1 Å². The average molecular weight is 504 g/mol. The highest BCUT2D eigenvalue weighted by Gasteiger charge is 2.47. The first-order valence-corrected chi connectivity index (χ1v) is 12.8. The topological polar surface area (TPSA) is 148 Å². The second kappa shape index (κ2) is 10.1. The minimum atomic E-state index is -4.17. The number of sulfonamides is 1. The lowest BCUT2D eigenvalue weighted by Crippen LogP contribution is -2.54. The van der Waals surface area contributed by atoms with E-state index in [-0.39, 0.29) is 23.4 Å². The van der Waals surface area contributed by atoms with E-state index in [0.717, 1.165) is 16.7 Å². The third-order valence-electron chi connectivity index (χ3n) is 5.29. The second-order valence-electron chi connectivity index (χ2n) is 8.53. The first kappa shape index (κ1) is 25.7. The molecular formula is C23H25N3O6S2. The fraction of sp³-hybridized carbons (Fsp3) is 0.348. The molecule has 0 saturated carbocycles. The van der Waals surface area contributed by atoms with E-state index in [1.807, 2.05) is 6.07 Å². The number of rotatable bonds is 8. The summed E-state index contributed by atoms with van der Waals surface area (Å²) in [6.07, 6.45) is -1.84. The summed E-state index contributed by atoms with van der Waals surface area (Å²) in [6, 6.07) is 14.6. The molecule has 2 aromatic rings. The Labute approximate surface area is 202 Å². The van der Waals surface area contributed by atoms with E-state index in [2.05, 4.69) is 4.72 Å². The second-order valence-corrected chi connectivity index (χ2v) is 12.0. The molecule has 1 aliphatic heterocycles. The number of carbonyl (C=O) groups excluding carboxylic acids is 1. The summed E-state index contributed by atoms with van der Waals surface area (Å²) in [5, 5.41) is 28.3. The summed E-state index contributed by atoms with van der Waals surface area (Å²) in [5.41, 5.74) is 0.955. The lowest BCUT2D eigenvalue weighted by molar-refractivity contribution is -0.150. The van der Waals surface area contributed by atoms with Crippen molar-refractivity contribution in [3.8, 4) is 6.07 Å². The number of benzene rings is 2. The van der Waals surface area contributed by atoms with Crippen molar-refractivity contribution in [1.82, 2.24) is 9.62 Å². The van der Waals surface area contributed by atoms with Gasteiger partial charge in [0.05, 0.1) is 22.6 Å². The van der Waals surface area contributed by atoms with Gasteiger partial charge in [0.1, 0.15) is 6.10 Å². The maximum atomic E-state index is 13.2. The van der Waals surface area contributed by atoms with Gasteiger partial charge in [-0.3, -0.25) is 4.79 Å². The van der Waals surface area contributed by atoms with E-state index in [1.54, 1.807) is 44.2 Å².